The summed E-state index contributed by atoms with van der Waals surface area (Å²) in [7, 11) is 0. The van der Waals surface area contributed by atoms with Gasteiger partial charge in [-0.05, 0) is 24.4 Å². The molecule has 2 heterocycles. The summed E-state index contributed by atoms with van der Waals surface area (Å²) < 4.78 is 5.09. The Labute approximate surface area is 115 Å². The van der Waals surface area contributed by atoms with Crippen molar-refractivity contribution in [2.45, 2.75) is 13.5 Å². The van der Waals surface area contributed by atoms with Gasteiger partial charge in [-0.1, -0.05) is 11.8 Å². The van der Waals surface area contributed by atoms with Gasteiger partial charge in [0.25, 0.3) is 5.91 Å². The molecule has 2 rings (SSSR count). The van der Waals surface area contributed by atoms with E-state index in [9.17, 15) is 4.79 Å². The fourth-order valence-electron chi connectivity index (χ4n) is 1.60. The second-order valence-electron chi connectivity index (χ2n) is 3.79. The van der Waals surface area contributed by atoms with Crippen LogP contribution in [0.3, 0.4) is 0 Å². The van der Waals surface area contributed by atoms with E-state index in [0.29, 0.717) is 17.9 Å². The molecule has 98 valence electrons. The molecule has 2 aromatic heterocycles. The zero-order valence-corrected chi connectivity index (χ0v) is 11.2. The minimum Gasteiger partial charge on any atom is -0.469 e. The largest absolute Gasteiger partial charge is 0.469 e. The quantitative estimate of drug-likeness (QED) is 0.841. The molecule has 5 heteroatoms. The fraction of sp³-hybridized carbons (Fsp3) is 0.214. The number of thiophene rings is 1. The predicted octanol–water partition coefficient (Wildman–Crippen LogP) is 1.92. The molecule has 1 amide bonds. The predicted molar refractivity (Wildman–Crippen MR) is 72.9 cm³/mol. The first-order chi connectivity index (χ1) is 9.22. The van der Waals surface area contributed by atoms with Gasteiger partial charge in [0.2, 0.25) is 0 Å². The van der Waals surface area contributed by atoms with Gasteiger partial charge in [-0.2, -0.15) is 0 Å². The normalized spacial score (nSPS) is 9.79. The van der Waals surface area contributed by atoms with Crippen molar-refractivity contribution in [3.8, 4) is 11.8 Å². The number of hydrogen-bond acceptors (Lipinski definition) is 4. The molecule has 0 saturated heterocycles. The molecular weight excluding hydrogens is 262 g/mol. The van der Waals surface area contributed by atoms with E-state index in [1.165, 1.54) is 17.6 Å². The van der Waals surface area contributed by atoms with Crippen molar-refractivity contribution < 1.29 is 14.3 Å². The Morgan fingerprint density at radius 3 is 3.05 bits per heavy atom. The summed E-state index contributed by atoms with van der Waals surface area (Å²) in [5, 5.41) is 13.4. The first-order valence-corrected chi connectivity index (χ1v) is 6.58. The molecule has 0 spiro atoms. The van der Waals surface area contributed by atoms with E-state index in [2.05, 4.69) is 17.2 Å². The standard InChI is InChI=1S/C14H13NO3S/c1-10-12(4-7-18-10)14(17)15-9-13-11(3-2-6-16)5-8-19-13/h4-5,7-8,16H,6,9H2,1H3,(H,15,17). The summed E-state index contributed by atoms with van der Waals surface area (Å²) in [6.45, 7) is 1.99. The summed E-state index contributed by atoms with van der Waals surface area (Å²) in [5.74, 6) is 5.89. The summed E-state index contributed by atoms with van der Waals surface area (Å²) in [6, 6.07) is 3.52. The average Bonchev–Trinajstić information content (AvgIpc) is 3.02. The van der Waals surface area contributed by atoms with Gasteiger partial charge in [0, 0.05) is 10.4 Å². The number of aryl methyl sites for hydroxylation is 1. The highest BCUT2D eigenvalue weighted by Crippen LogP contribution is 2.16. The molecule has 0 aliphatic rings. The first-order valence-electron chi connectivity index (χ1n) is 5.70. The van der Waals surface area contributed by atoms with Crippen LogP contribution in [0.2, 0.25) is 0 Å². The summed E-state index contributed by atoms with van der Waals surface area (Å²) in [4.78, 5) is 12.9. The summed E-state index contributed by atoms with van der Waals surface area (Å²) >= 11 is 1.52. The molecule has 0 unspecified atom stereocenters. The van der Waals surface area contributed by atoms with Crippen molar-refractivity contribution in [2.24, 2.45) is 0 Å². The van der Waals surface area contributed by atoms with Gasteiger partial charge < -0.3 is 14.8 Å². The third kappa shape index (κ3) is 3.25. The van der Waals surface area contributed by atoms with Crippen molar-refractivity contribution in [3.05, 3.63) is 45.5 Å². The van der Waals surface area contributed by atoms with Crippen LogP contribution in [-0.2, 0) is 6.54 Å². The minimum atomic E-state index is -0.171. The van der Waals surface area contributed by atoms with Gasteiger partial charge in [-0.15, -0.1) is 11.3 Å². The second-order valence-corrected chi connectivity index (χ2v) is 4.79. The van der Waals surface area contributed by atoms with Gasteiger partial charge in [0.05, 0.1) is 18.4 Å². The maximum Gasteiger partial charge on any atom is 0.255 e. The van der Waals surface area contributed by atoms with Crippen LogP contribution in [0.5, 0.6) is 0 Å². The number of hydrogen-bond donors (Lipinski definition) is 2. The lowest BCUT2D eigenvalue weighted by Gasteiger charge is -2.03. The van der Waals surface area contributed by atoms with E-state index in [-0.39, 0.29) is 12.5 Å². The number of rotatable bonds is 3. The van der Waals surface area contributed by atoms with Crippen LogP contribution in [0.25, 0.3) is 0 Å². The number of aliphatic hydroxyl groups excluding tert-OH is 1. The van der Waals surface area contributed by atoms with Gasteiger partial charge in [-0.3, -0.25) is 4.79 Å². The van der Waals surface area contributed by atoms with Gasteiger partial charge in [-0.25, -0.2) is 0 Å². The lowest BCUT2D eigenvalue weighted by Crippen LogP contribution is -2.22. The third-order valence-corrected chi connectivity index (χ3v) is 3.48. The van der Waals surface area contributed by atoms with Gasteiger partial charge in [0.15, 0.2) is 0 Å². The highest BCUT2D eigenvalue weighted by molar-refractivity contribution is 7.10. The molecule has 2 aromatic rings. The SMILES string of the molecule is Cc1occc1C(=O)NCc1sccc1C#CCO. The molecular formula is C14H13NO3S. The van der Waals surface area contributed by atoms with Crippen LogP contribution in [0.1, 0.15) is 26.6 Å². The third-order valence-electron chi connectivity index (χ3n) is 2.56. The summed E-state index contributed by atoms with van der Waals surface area (Å²) in [5.41, 5.74) is 1.38. The molecule has 0 bridgehead atoms. The average molecular weight is 275 g/mol. The second kappa shape index (κ2) is 6.23. The zero-order valence-electron chi connectivity index (χ0n) is 10.4. The maximum atomic E-state index is 11.9. The van der Waals surface area contributed by atoms with Crippen molar-refractivity contribution in [3.63, 3.8) is 0 Å². The number of amides is 1. The topological polar surface area (TPSA) is 62.5 Å². The van der Waals surface area contributed by atoms with Crippen molar-refractivity contribution in [2.75, 3.05) is 6.61 Å². The highest BCUT2D eigenvalue weighted by Gasteiger charge is 2.11. The van der Waals surface area contributed by atoms with Gasteiger partial charge in [0.1, 0.15) is 12.4 Å². The van der Waals surface area contributed by atoms with E-state index < -0.39 is 0 Å². The van der Waals surface area contributed by atoms with E-state index in [1.807, 2.05) is 11.4 Å². The Hall–Kier alpha value is -2.03. The van der Waals surface area contributed by atoms with Crippen LogP contribution in [0.15, 0.2) is 28.2 Å². The molecule has 19 heavy (non-hydrogen) atoms. The Balaban J connectivity index is 2.02. The lowest BCUT2D eigenvalue weighted by molar-refractivity contribution is 0.0950. The monoisotopic (exact) mass is 275 g/mol. The van der Waals surface area contributed by atoms with E-state index >= 15 is 0 Å². The van der Waals surface area contributed by atoms with Crippen molar-refractivity contribution in [1.82, 2.24) is 5.32 Å². The molecule has 0 fully saturated rings. The Morgan fingerprint density at radius 1 is 1.53 bits per heavy atom. The van der Waals surface area contributed by atoms with Crippen molar-refractivity contribution >= 4 is 17.2 Å². The Morgan fingerprint density at radius 2 is 2.37 bits per heavy atom. The number of carbonyl (C=O) groups excluding carboxylic acids is 1. The molecule has 0 saturated carbocycles. The molecule has 0 atom stereocenters. The number of nitrogens with one attached hydrogen (secondary N) is 1. The molecule has 4 nitrogen and oxygen atoms in total. The highest BCUT2D eigenvalue weighted by atomic mass is 32.1. The number of furan rings is 1. The molecule has 0 aromatic carbocycles. The lowest BCUT2D eigenvalue weighted by atomic mass is 10.2. The minimum absolute atomic E-state index is 0.166. The zero-order chi connectivity index (χ0) is 13.7. The van der Waals surface area contributed by atoms with Crippen molar-refractivity contribution in [1.29, 1.82) is 0 Å². The van der Waals surface area contributed by atoms with Crippen LogP contribution < -0.4 is 5.32 Å². The van der Waals surface area contributed by atoms with E-state index in [1.54, 1.807) is 13.0 Å². The molecule has 0 radical (unpaired) electrons. The van der Waals surface area contributed by atoms with Crippen LogP contribution in [0.4, 0.5) is 0 Å². The number of carbonyl (C=O) groups is 1. The fourth-order valence-corrected chi connectivity index (χ4v) is 2.37. The molecule has 2 N–H and O–H groups in total. The van der Waals surface area contributed by atoms with Gasteiger partial charge >= 0.3 is 0 Å². The molecule has 0 aliphatic heterocycles. The van der Waals surface area contributed by atoms with E-state index in [0.717, 1.165) is 10.4 Å². The van der Waals surface area contributed by atoms with Crippen LogP contribution in [-0.4, -0.2) is 17.6 Å². The first kappa shape index (κ1) is 13.4. The Kier molecular flexibility index (Phi) is 4.39. The van der Waals surface area contributed by atoms with Crippen LogP contribution >= 0.6 is 11.3 Å². The maximum absolute atomic E-state index is 11.9. The molecule has 0 aliphatic carbocycles. The Bertz CT molecular complexity index is 630. The van der Waals surface area contributed by atoms with Crippen LogP contribution in [0, 0.1) is 18.8 Å². The number of aliphatic hydroxyl groups is 1. The van der Waals surface area contributed by atoms with E-state index in [4.69, 9.17) is 9.52 Å². The smallest absolute Gasteiger partial charge is 0.255 e. The summed E-state index contributed by atoms with van der Waals surface area (Å²) in [6.07, 6.45) is 1.49.